The third-order valence-electron chi connectivity index (χ3n) is 5.86. The van der Waals surface area contributed by atoms with Crippen molar-refractivity contribution in [1.82, 2.24) is 14.5 Å². The number of fused-ring (bicyclic) bond motifs is 1. The number of hydrogen-bond donors (Lipinski definition) is 0. The van der Waals surface area contributed by atoms with Crippen LogP contribution in [0.2, 0.25) is 0 Å². The molecular formula is C25H27N3O4S. The minimum atomic E-state index is -0.487. The predicted molar refractivity (Wildman–Crippen MR) is 129 cm³/mol. The van der Waals surface area contributed by atoms with Crippen molar-refractivity contribution in [2.24, 2.45) is 0 Å². The summed E-state index contributed by atoms with van der Waals surface area (Å²) in [5.74, 6) is -0.427. The summed E-state index contributed by atoms with van der Waals surface area (Å²) in [4.78, 5) is 44.9. The summed E-state index contributed by atoms with van der Waals surface area (Å²) >= 11 is 1.29. The minimum Gasteiger partial charge on any atom is -0.465 e. The van der Waals surface area contributed by atoms with Gasteiger partial charge in [0.15, 0.2) is 5.16 Å². The van der Waals surface area contributed by atoms with E-state index in [2.05, 4.69) is 0 Å². The van der Waals surface area contributed by atoms with Gasteiger partial charge in [-0.05, 0) is 49.9 Å². The van der Waals surface area contributed by atoms with Crippen LogP contribution in [0.4, 0.5) is 0 Å². The second kappa shape index (κ2) is 10.2. The van der Waals surface area contributed by atoms with Crippen molar-refractivity contribution in [3.05, 3.63) is 70.0 Å². The Morgan fingerprint density at radius 1 is 1.12 bits per heavy atom. The number of carbonyl (C=O) groups is 2. The quantitative estimate of drug-likeness (QED) is 0.302. The molecule has 0 N–H and O–H groups in total. The van der Waals surface area contributed by atoms with E-state index in [9.17, 15) is 14.4 Å². The Labute approximate surface area is 196 Å². The molecule has 7 nitrogen and oxygen atoms in total. The summed E-state index contributed by atoms with van der Waals surface area (Å²) in [5.41, 5.74) is 1.68. The van der Waals surface area contributed by atoms with Crippen LogP contribution in [-0.4, -0.2) is 51.8 Å². The van der Waals surface area contributed by atoms with Gasteiger partial charge < -0.3 is 9.64 Å². The molecule has 0 unspecified atom stereocenters. The molecule has 0 radical (unpaired) electrons. The van der Waals surface area contributed by atoms with Gasteiger partial charge in [-0.15, -0.1) is 0 Å². The van der Waals surface area contributed by atoms with Crippen LogP contribution >= 0.6 is 11.8 Å². The zero-order valence-electron chi connectivity index (χ0n) is 18.8. The van der Waals surface area contributed by atoms with Gasteiger partial charge in [-0.1, -0.05) is 42.1 Å². The highest BCUT2D eigenvalue weighted by Crippen LogP contribution is 2.26. The van der Waals surface area contributed by atoms with Crippen LogP contribution in [-0.2, 0) is 22.5 Å². The molecule has 1 atom stereocenters. The van der Waals surface area contributed by atoms with Crippen LogP contribution in [0, 0.1) is 0 Å². The summed E-state index contributed by atoms with van der Waals surface area (Å²) in [6.07, 6.45) is 2.71. The van der Waals surface area contributed by atoms with Crippen LogP contribution < -0.4 is 5.56 Å². The van der Waals surface area contributed by atoms with Crippen molar-refractivity contribution >= 4 is 34.5 Å². The van der Waals surface area contributed by atoms with Crippen LogP contribution in [0.15, 0.2) is 58.5 Å². The number of aryl methyl sites for hydroxylation is 1. The fourth-order valence-corrected chi connectivity index (χ4v) is 5.04. The Kier molecular flexibility index (Phi) is 7.13. The highest BCUT2D eigenvalue weighted by molar-refractivity contribution is 8.00. The fourth-order valence-electron chi connectivity index (χ4n) is 4.02. The first kappa shape index (κ1) is 23.0. The summed E-state index contributed by atoms with van der Waals surface area (Å²) in [5, 5.41) is 0.531. The highest BCUT2D eigenvalue weighted by Gasteiger charge is 2.26. The largest absolute Gasteiger partial charge is 0.465 e. The number of esters is 1. The molecule has 2 aromatic carbocycles. The van der Waals surface area contributed by atoms with Crippen molar-refractivity contribution in [3.8, 4) is 0 Å². The lowest BCUT2D eigenvalue weighted by atomic mass is 10.1. The van der Waals surface area contributed by atoms with E-state index in [1.54, 1.807) is 22.8 Å². The smallest absolute Gasteiger partial charge is 0.337 e. The monoisotopic (exact) mass is 465 g/mol. The Bertz CT molecular complexity index is 1220. The van der Waals surface area contributed by atoms with Gasteiger partial charge in [0.25, 0.3) is 5.56 Å². The van der Waals surface area contributed by atoms with E-state index in [1.165, 1.54) is 18.9 Å². The maximum absolute atomic E-state index is 13.4. The van der Waals surface area contributed by atoms with Crippen molar-refractivity contribution in [2.75, 3.05) is 20.2 Å². The maximum atomic E-state index is 13.4. The molecule has 1 aliphatic rings. The van der Waals surface area contributed by atoms with E-state index < -0.39 is 5.97 Å². The lowest BCUT2D eigenvalue weighted by Gasteiger charge is -2.21. The standard InChI is InChI=1S/C25H27N3O4S/c1-17(22(29)27-13-6-7-14-27)33-25-26-21-16-19(24(31)32-2)10-11-20(21)23(30)28(25)15-12-18-8-4-3-5-9-18/h3-5,8-11,16-17H,6-7,12-15H2,1-2H3/t17-/m1/s1. The SMILES string of the molecule is COC(=O)c1ccc2c(=O)n(CCc3ccccc3)c(S[C@H](C)C(=O)N3CCCC3)nc2c1. The molecule has 3 aromatic rings. The summed E-state index contributed by atoms with van der Waals surface area (Å²) in [6.45, 7) is 3.85. The number of benzene rings is 2. The van der Waals surface area contributed by atoms with Gasteiger partial charge in [0.05, 0.1) is 28.8 Å². The molecule has 1 fully saturated rings. The van der Waals surface area contributed by atoms with E-state index >= 15 is 0 Å². The number of nitrogens with zero attached hydrogens (tertiary/aromatic N) is 3. The van der Waals surface area contributed by atoms with Crippen LogP contribution in [0.3, 0.4) is 0 Å². The highest BCUT2D eigenvalue weighted by atomic mass is 32.2. The zero-order chi connectivity index (χ0) is 23.4. The van der Waals surface area contributed by atoms with Crippen molar-refractivity contribution in [3.63, 3.8) is 0 Å². The first-order valence-corrected chi connectivity index (χ1v) is 12.0. The summed E-state index contributed by atoms with van der Waals surface area (Å²) in [6, 6.07) is 14.7. The molecular weight excluding hydrogens is 438 g/mol. The molecule has 2 heterocycles. The summed E-state index contributed by atoms with van der Waals surface area (Å²) in [7, 11) is 1.31. The molecule has 1 saturated heterocycles. The average molecular weight is 466 g/mol. The third kappa shape index (κ3) is 5.11. The molecule has 4 rings (SSSR count). The fraction of sp³-hybridized carbons (Fsp3) is 0.360. The zero-order valence-corrected chi connectivity index (χ0v) is 19.6. The van der Waals surface area contributed by atoms with Gasteiger partial charge >= 0.3 is 5.97 Å². The van der Waals surface area contributed by atoms with E-state index in [1.807, 2.05) is 42.2 Å². The molecule has 0 bridgehead atoms. The molecule has 0 saturated carbocycles. The van der Waals surface area contributed by atoms with Gasteiger partial charge in [-0.25, -0.2) is 9.78 Å². The van der Waals surface area contributed by atoms with Crippen LogP contribution in [0.5, 0.6) is 0 Å². The number of likely N-dealkylation sites (tertiary alicyclic amines) is 1. The Balaban J connectivity index is 1.71. The number of carbonyl (C=O) groups excluding carboxylic acids is 2. The number of amides is 1. The van der Waals surface area contributed by atoms with Gasteiger partial charge in [0.1, 0.15) is 0 Å². The van der Waals surface area contributed by atoms with Crippen molar-refractivity contribution in [2.45, 2.75) is 43.1 Å². The maximum Gasteiger partial charge on any atom is 0.337 e. The molecule has 8 heteroatoms. The topological polar surface area (TPSA) is 81.5 Å². The van der Waals surface area contributed by atoms with Crippen molar-refractivity contribution in [1.29, 1.82) is 0 Å². The molecule has 0 aliphatic carbocycles. The van der Waals surface area contributed by atoms with Gasteiger partial charge in [-0.2, -0.15) is 0 Å². The van der Waals surface area contributed by atoms with Crippen molar-refractivity contribution < 1.29 is 14.3 Å². The third-order valence-corrected chi connectivity index (χ3v) is 6.93. The number of rotatable bonds is 7. The van der Waals surface area contributed by atoms with Crippen LogP contribution in [0.25, 0.3) is 10.9 Å². The van der Waals surface area contributed by atoms with Gasteiger partial charge in [0.2, 0.25) is 5.91 Å². The molecule has 1 aliphatic heterocycles. The van der Waals surface area contributed by atoms with Gasteiger partial charge in [-0.3, -0.25) is 14.2 Å². The molecule has 1 aromatic heterocycles. The number of hydrogen-bond acceptors (Lipinski definition) is 6. The molecule has 1 amide bonds. The summed E-state index contributed by atoms with van der Waals surface area (Å²) < 4.78 is 6.45. The van der Waals surface area contributed by atoms with Gasteiger partial charge in [0, 0.05) is 19.6 Å². The minimum absolute atomic E-state index is 0.0600. The number of methoxy groups -OCH3 is 1. The second-order valence-corrected chi connectivity index (χ2v) is 9.41. The van der Waals surface area contributed by atoms with E-state index in [0.717, 1.165) is 31.5 Å². The predicted octanol–water partition coefficient (Wildman–Crippen LogP) is 3.53. The number of ether oxygens (including phenoxy) is 1. The molecule has 0 spiro atoms. The van der Waals surface area contributed by atoms with Crippen LogP contribution in [0.1, 0.15) is 35.7 Å². The van der Waals surface area contributed by atoms with E-state index in [-0.39, 0.29) is 16.7 Å². The lowest BCUT2D eigenvalue weighted by Crippen LogP contribution is -2.34. The number of aromatic nitrogens is 2. The Morgan fingerprint density at radius 3 is 2.55 bits per heavy atom. The average Bonchev–Trinajstić information content (AvgIpc) is 3.38. The Morgan fingerprint density at radius 2 is 1.85 bits per heavy atom. The molecule has 172 valence electrons. The normalized spacial score (nSPS) is 14.4. The first-order chi connectivity index (χ1) is 16.0. The second-order valence-electron chi connectivity index (χ2n) is 8.10. The molecule has 33 heavy (non-hydrogen) atoms. The first-order valence-electron chi connectivity index (χ1n) is 11.1. The number of thioether (sulfide) groups is 1. The van der Waals surface area contributed by atoms with E-state index in [0.29, 0.717) is 34.6 Å². The van der Waals surface area contributed by atoms with E-state index in [4.69, 9.17) is 9.72 Å². The lowest BCUT2D eigenvalue weighted by molar-refractivity contribution is -0.129. The Hall–Kier alpha value is -3.13.